The van der Waals surface area contributed by atoms with Crippen LogP contribution < -0.4 is 0 Å². The number of aryl methyl sites for hydroxylation is 1. The van der Waals surface area contributed by atoms with Crippen LogP contribution >= 0.6 is 0 Å². The molecule has 2 atom stereocenters. The van der Waals surface area contributed by atoms with E-state index >= 15 is 0 Å². The van der Waals surface area contributed by atoms with E-state index in [-0.39, 0.29) is 18.0 Å². The van der Waals surface area contributed by atoms with Crippen LogP contribution in [0.1, 0.15) is 26.3 Å². The number of hydrogen-bond acceptors (Lipinski definition) is 6. The van der Waals surface area contributed by atoms with Gasteiger partial charge in [0.1, 0.15) is 17.7 Å². The first-order chi connectivity index (χ1) is 12.0. The number of benzene rings is 1. The number of carbonyl (C=O) groups is 2. The van der Waals surface area contributed by atoms with Crippen molar-refractivity contribution in [2.45, 2.75) is 50.3 Å². The maximum Gasteiger partial charge on any atom is 0.424 e. The third-order valence-corrected chi connectivity index (χ3v) is 6.01. The van der Waals surface area contributed by atoms with Gasteiger partial charge in [-0.05, 0) is 39.8 Å². The van der Waals surface area contributed by atoms with Gasteiger partial charge in [-0.3, -0.25) is 0 Å². The van der Waals surface area contributed by atoms with Crippen molar-refractivity contribution in [3.8, 4) is 0 Å². The molecule has 0 radical (unpaired) electrons. The van der Waals surface area contributed by atoms with Crippen LogP contribution in [0.4, 0.5) is 9.59 Å². The highest BCUT2D eigenvalue weighted by Crippen LogP contribution is 2.32. The average molecular weight is 382 g/mol. The van der Waals surface area contributed by atoms with Crippen molar-refractivity contribution in [1.29, 1.82) is 0 Å². The van der Waals surface area contributed by atoms with Crippen molar-refractivity contribution < 1.29 is 27.5 Å². The summed E-state index contributed by atoms with van der Waals surface area (Å²) in [5, 5.41) is 0. The smallest absolute Gasteiger partial charge is 0.424 e. The zero-order valence-electron chi connectivity index (χ0n) is 15.1. The largest absolute Gasteiger partial charge is 0.444 e. The molecular weight excluding hydrogens is 360 g/mol. The number of likely N-dealkylation sites (tertiary alicyclic amines) is 1. The summed E-state index contributed by atoms with van der Waals surface area (Å²) in [5.74, 6) is 0. The summed E-state index contributed by atoms with van der Waals surface area (Å²) in [4.78, 5) is 25.8. The Morgan fingerprint density at radius 1 is 1.19 bits per heavy atom. The van der Waals surface area contributed by atoms with Crippen LogP contribution in [-0.2, 0) is 19.5 Å². The first-order valence-corrected chi connectivity index (χ1v) is 9.73. The molecule has 0 saturated carbocycles. The lowest BCUT2D eigenvalue weighted by Gasteiger charge is -2.25. The molecule has 2 aliphatic heterocycles. The Bertz CT molecular complexity index is 828. The van der Waals surface area contributed by atoms with Crippen LogP contribution in [0.15, 0.2) is 29.2 Å². The molecule has 0 N–H and O–H groups in total. The number of nitrogens with zero attached hydrogens (tertiary/aromatic N) is 2. The molecule has 1 aromatic carbocycles. The van der Waals surface area contributed by atoms with Gasteiger partial charge in [0.05, 0.1) is 11.4 Å². The fraction of sp³-hybridized carbons (Fsp3) is 0.529. The van der Waals surface area contributed by atoms with Crippen LogP contribution in [0.5, 0.6) is 0 Å². The van der Waals surface area contributed by atoms with E-state index < -0.39 is 40.0 Å². The molecule has 1 aromatic rings. The fourth-order valence-electron chi connectivity index (χ4n) is 2.99. The van der Waals surface area contributed by atoms with Gasteiger partial charge in [0.15, 0.2) is 0 Å². The zero-order chi connectivity index (χ0) is 19.3. The SMILES string of the molecule is Cc1ccc(S(=O)(=O)N2C(=O)O[C@H]3CN(C(=O)OC(C)(C)C)C[C@@H]32)cc1. The highest BCUT2D eigenvalue weighted by molar-refractivity contribution is 7.89. The minimum atomic E-state index is -4.06. The summed E-state index contributed by atoms with van der Waals surface area (Å²) in [6.45, 7) is 7.22. The van der Waals surface area contributed by atoms with Gasteiger partial charge in [-0.15, -0.1) is 0 Å². The van der Waals surface area contributed by atoms with Crippen LogP contribution in [0.2, 0.25) is 0 Å². The quantitative estimate of drug-likeness (QED) is 0.778. The van der Waals surface area contributed by atoms with E-state index in [9.17, 15) is 18.0 Å². The molecule has 26 heavy (non-hydrogen) atoms. The lowest BCUT2D eigenvalue weighted by molar-refractivity contribution is 0.0253. The topological polar surface area (TPSA) is 93.2 Å². The fourth-order valence-corrected chi connectivity index (χ4v) is 4.50. The van der Waals surface area contributed by atoms with Crippen molar-refractivity contribution >= 4 is 22.2 Å². The molecule has 2 heterocycles. The van der Waals surface area contributed by atoms with Crippen LogP contribution in [0, 0.1) is 6.92 Å². The number of carbonyl (C=O) groups excluding carboxylic acids is 2. The Hall–Kier alpha value is -2.29. The predicted octanol–water partition coefficient (Wildman–Crippen LogP) is 2.12. The maximum absolute atomic E-state index is 12.9. The predicted molar refractivity (Wildman–Crippen MR) is 92.1 cm³/mol. The molecule has 0 bridgehead atoms. The van der Waals surface area contributed by atoms with Gasteiger partial charge in [0.2, 0.25) is 0 Å². The summed E-state index contributed by atoms with van der Waals surface area (Å²) in [6, 6.07) is 5.46. The molecule has 0 aliphatic carbocycles. The standard InChI is InChI=1S/C17H22N2O6S/c1-11-5-7-12(8-6-11)26(22,23)19-13-9-18(10-14(13)24-16(19)21)15(20)25-17(2,3)4/h5-8,13-14H,9-10H2,1-4H3/t13-,14-/m0/s1. The summed E-state index contributed by atoms with van der Waals surface area (Å²) in [7, 11) is -4.06. The molecule has 0 aromatic heterocycles. The Labute approximate surface area is 152 Å². The molecule has 8 nitrogen and oxygen atoms in total. The monoisotopic (exact) mass is 382 g/mol. The van der Waals surface area contributed by atoms with E-state index in [2.05, 4.69) is 0 Å². The minimum absolute atomic E-state index is 0.0106. The van der Waals surface area contributed by atoms with Crippen LogP contribution in [0.25, 0.3) is 0 Å². The zero-order valence-corrected chi connectivity index (χ0v) is 15.9. The summed E-state index contributed by atoms with van der Waals surface area (Å²) in [6.07, 6.45) is -2.17. The molecule has 0 unspecified atom stereocenters. The van der Waals surface area contributed by atoms with Crippen molar-refractivity contribution in [3.63, 3.8) is 0 Å². The van der Waals surface area contributed by atoms with Gasteiger partial charge < -0.3 is 14.4 Å². The van der Waals surface area contributed by atoms with Crippen LogP contribution in [0.3, 0.4) is 0 Å². The Balaban J connectivity index is 1.82. The van der Waals surface area contributed by atoms with E-state index in [1.54, 1.807) is 32.9 Å². The molecule has 2 fully saturated rings. The normalized spacial score (nSPS) is 23.0. The van der Waals surface area contributed by atoms with E-state index in [1.165, 1.54) is 17.0 Å². The van der Waals surface area contributed by atoms with E-state index in [4.69, 9.17) is 9.47 Å². The number of sulfonamides is 1. The number of fused-ring (bicyclic) bond motifs is 1. The van der Waals surface area contributed by atoms with Gasteiger partial charge in [-0.1, -0.05) is 17.7 Å². The number of rotatable bonds is 2. The second-order valence-corrected chi connectivity index (χ2v) is 9.30. The highest BCUT2D eigenvalue weighted by Gasteiger charge is 2.54. The van der Waals surface area contributed by atoms with Crippen molar-refractivity contribution in [3.05, 3.63) is 29.8 Å². The third kappa shape index (κ3) is 3.35. The lowest BCUT2D eigenvalue weighted by Crippen LogP contribution is -2.43. The van der Waals surface area contributed by atoms with Gasteiger partial charge in [0, 0.05) is 6.54 Å². The molecule has 2 aliphatic rings. The number of amides is 2. The van der Waals surface area contributed by atoms with Crippen molar-refractivity contribution in [2.24, 2.45) is 0 Å². The molecule has 142 valence electrons. The Morgan fingerprint density at radius 2 is 1.81 bits per heavy atom. The van der Waals surface area contributed by atoms with Gasteiger partial charge >= 0.3 is 12.2 Å². The Morgan fingerprint density at radius 3 is 2.38 bits per heavy atom. The molecular formula is C17H22N2O6S. The van der Waals surface area contributed by atoms with E-state index in [0.29, 0.717) is 0 Å². The first-order valence-electron chi connectivity index (χ1n) is 8.29. The molecule has 9 heteroatoms. The second kappa shape index (κ2) is 6.15. The molecule has 2 amide bonds. The van der Waals surface area contributed by atoms with E-state index in [1.807, 2.05) is 6.92 Å². The van der Waals surface area contributed by atoms with Gasteiger partial charge in [-0.25, -0.2) is 18.0 Å². The first kappa shape index (κ1) is 18.5. The molecule has 3 rings (SSSR count). The molecule has 2 saturated heterocycles. The highest BCUT2D eigenvalue weighted by atomic mass is 32.2. The van der Waals surface area contributed by atoms with E-state index in [0.717, 1.165) is 9.87 Å². The van der Waals surface area contributed by atoms with Gasteiger partial charge in [-0.2, -0.15) is 4.31 Å². The summed E-state index contributed by atoms with van der Waals surface area (Å²) in [5.41, 5.74) is 0.238. The number of hydrogen-bond donors (Lipinski definition) is 0. The minimum Gasteiger partial charge on any atom is -0.444 e. The lowest BCUT2D eigenvalue weighted by atomic mass is 10.2. The average Bonchev–Trinajstić information content (AvgIpc) is 3.02. The Kier molecular flexibility index (Phi) is 4.38. The summed E-state index contributed by atoms with van der Waals surface area (Å²) < 4.78 is 37.0. The van der Waals surface area contributed by atoms with Gasteiger partial charge in [0.25, 0.3) is 10.0 Å². The van der Waals surface area contributed by atoms with Crippen molar-refractivity contribution in [2.75, 3.05) is 13.1 Å². The van der Waals surface area contributed by atoms with Crippen LogP contribution in [-0.4, -0.2) is 60.6 Å². The second-order valence-electron chi connectivity index (χ2n) is 7.49. The van der Waals surface area contributed by atoms with Crippen molar-refractivity contribution in [1.82, 2.24) is 9.21 Å². The molecule has 0 spiro atoms. The number of ether oxygens (including phenoxy) is 2. The maximum atomic E-state index is 12.9. The summed E-state index contributed by atoms with van der Waals surface area (Å²) >= 11 is 0. The third-order valence-electron chi connectivity index (χ3n) is 4.20.